The Morgan fingerprint density at radius 1 is 1.54 bits per heavy atom. The van der Waals surface area contributed by atoms with E-state index in [0.717, 1.165) is 17.4 Å². The van der Waals surface area contributed by atoms with E-state index in [9.17, 15) is 14.7 Å². The van der Waals surface area contributed by atoms with Crippen molar-refractivity contribution in [2.24, 2.45) is 0 Å². The van der Waals surface area contributed by atoms with Gasteiger partial charge >= 0.3 is 0 Å². The fourth-order valence-corrected chi connectivity index (χ4v) is 2.78. The molecule has 1 fully saturated rings. The molecule has 1 aliphatic rings. The topological polar surface area (TPSA) is 97.9 Å². The molecule has 0 saturated heterocycles. The predicted molar refractivity (Wildman–Crippen MR) is 90.4 cm³/mol. The first kappa shape index (κ1) is 17.0. The number of hydrogen-bond donors (Lipinski definition) is 2. The van der Waals surface area contributed by atoms with E-state index in [1.807, 2.05) is 13.8 Å². The van der Waals surface area contributed by atoms with Gasteiger partial charge in [-0.25, -0.2) is 0 Å². The number of amides is 1. The molecule has 0 radical (unpaired) electrons. The minimum absolute atomic E-state index is 0.0696. The lowest BCUT2D eigenvalue weighted by Gasteiger charge is -2.26. The van der Waals surface area contributed by atoms with Crippen LogP contribution in [0.3, 0.4) is 0 Å². The summed E-state index contributed by atoms with van der Waals surface area (Å²) in [5.41, 5.74) is -1.21. The summed E-state index contributed by atoms with van der Waals surface area (Å²) in [6.45, 7) is 3.92. The number of halogens is 1. The summed E-state index contributed by atoms with van der Waals surface area (Å²) in [4.78, 5) is 25.0. The summed E-state index contributed by atoms with van der Waals surface area (Å²) < 4.78 is 8.41. The van der Waals surface area contributed by atoms with Crippen molar-refractivity contribution in [1.29, 1.82) is 0 Å². The van der Waals surface area contributed by atoms with Crippen LogP contribution in [-0.4, -0.2) is 43.9 Å². The minimum atomic E-state index is -0.655. The molecule has 0 spiro atoms. The van der Waals surface area contributed by atoms with Gasteiger partial charge in [-0.1, -0.05) is 0 Å². The highest BCUT2D eigenvalue weighted by Crippen LogP contribution is 2.25. The summed E-state index contributed by atoms with van der Waals surface area (Å²) >= 11 is 3.23. The zero-order valence-electron chi connectivity index (χ0n) is 13.7. The molecular weight excluding hydrogens is 380 g/mol. The summed E-state index contributed by atoms with van der Waals surface area (Å²) in [5, 5.41) is 17.4. The highest BCUT2D eigenvalue weighted by Gasteiger charge is 2.30. The molecule has 0 unspecified atom stereocenters. The van der Waals surface area contributed by atoms with Crippen LogP contribution in [0.5, 0.6) is 5.88 Å². The zero-order chi connectivity index (χ0) is 17.6. The van der Waals surface area contributed by atoms with E-state index in [-0.39, 0.29) is 24.0 Å². The van der Waals surface area contributed by atoms with Crippen molar-refractivity contribution in [3.8, 4) is 5.88 Å². The van der Waals surface area contributed by atoms with Crippen molar-refractivity contribution in [1.82, 2.24) is 19.5 Å². The van der Waals surface area contributed by atoms with Gasteiger partial charge in [0.1, 0.15) is 10.3 Å². The second-order valence-electron chi connectivity index (χ2n) is 6.54. The molecule has 0 aromatic carbocycles. The van der Waals surface area contributed by atoms with Crippen LogP contribution in [0.2, 0.25) is 0 Å². The second-order valence-corrected chi connectivity index (χ2v) is 7.35. The van der Waals surface area contributed by atoms with Crippen LogP contribution in [0.25, 0.3) is 5.65 Å². The number of aromatic nitrogens is 3. The highest BCUT2D eigenvalue weighted by molar-refractivity contribution is 9.10. The van der Waals surface area contributed by atoms with E-state index in [1.54, 1.807) is 13.2 Å². The lowest BCUT2D eigenvalue weighted by Crippen LogP contribution is -2.36. The van der Waals surface area contributed by atoms with Crippen molar-refractivity contribution in [3.63, 3.8) is 0 Å². The van der Waals surface area contributed by atoms with Crippen LogP contribution in [0, 0.1) is 0 Å². The Hall–Kier alpha value is -1.87. The quantitative estimate of drug-likeness (QED) is 0.790. The van der Waals surface area contributed by atoms with Gasteiger partial charge < -0.3 is 15.2 Å². The summed E-state index contributed by atoms with van der Waals surface area (Å²) in [6.07, 6.45) is 1.76. The van der Waals surface area contributed by atoms with E-state index >= 15 is 0 Å². The number of methoxy groups -OCH3 is 1. The lowest BCUT2D eigenvalue weighted by atomic mass is 10.1. The van der Waals surface area contributed by atoms with Gasteiger partial charge in [0.15, 0.2) is 5.56 Å². The van der Waals surface area contributed by atoms with Crippen molar-refractivity contribution in [3.05, 3.63) is 26.6 Å². The monoisotopic (exact) mass is 398 g/mol. The maximum Gasteiger partial charge on any atom is 0.291 e. The van der Waals surface area contributed by atoms with Crippen LogP contribution in [0.15, 0.2) is 15.5 Å². The average Bonchev–Trinajstić information content (AvgIpc) is 3.22. The number of carbonyl (C=O) groups is 1. The molecule has 130 valence electrons. The van der Waals surface area contributed by atoms with Gasteiger partial charge in [-0.2, -0.15) is 9.61 Å². The number of fused-ring (bicyclic) bond motifs is 1. The number of nitrogens with one attached hydrogen (secondary N) is 1. The predicted octanol–water partition coefficient (Wildman–Crippen LogP) is 1.28. The van der Waals surface area contributed by atoms with Crippen molar-refractivity contribution in [2.75, 3.05) is 7.11 Å². The Labute approximate surface area is 146 Å². The van der Waals surface area contributed by atoms with Gasteiger partial charge in [-0.15, -0.1) is 0 Å². The third kappa shape index (κ3) is 3.05. The molecule has 2 aromatic rings. The Bertz CT molecular complexity index is 866. The number of aromatic hydroxyl groups is 1. The molecular formula is C15H19BrN4O4. The van der Waals surface area contributed by atoms with Crippen molar-refractivity contribution in [2.45, 2.75) is 44.9 Å². The van der Waals surface area contributed by atoms with E-state index < -0.39 is 17.1 Å². The minimum Gasteiger partial charge on any atom is -0.494 e. The molecule has 0 bridgehead atoms. The Balaban J connectivity index is 2.20. The van der Waals surface area contributed by atoms with Gasteiger partial charge in [0.25, 0.3) is 11.5 Å². The number of rotatable bonds is 5. The molecule has 9 heteroatoms. The molecule has 3 rings (SSSR count). The van der Waals surface area contributed by atoms with E-state index in [0.29, 0.717) is 10.3 Å². The molecule has 0 atom stereocenters. The summed E-state index contributed by atoms with van der Waals surface area (Å²) in [5.74, 6) is -0.972. The third-order valence-electron chi connectivity index (χ3n) is 4.05. The fourth-order valence-electron chi connectivity index (χ4n) is 2.42. The number of ether oxygens (including phenoxy) is 1. The lowest BCUT2D eigenvalue weighted by molar-refractivity contribution is 0.00715. The maximum absolute atomic E-state index is 12.6. The van der Waals surface area contributed by atoms with E-state index in [4.69, 9.17) is 4.74 Å². The molecule has 2 N–H and O–H groups in total. The normalized spacial score (nSPS) is 15.0. The average molecular weight is 399 g/mol. The second kappa shape index (κ2) is 5.89. The number of carbonyl (C=O) groups excluding carboxylic acids is 1. The molecule has 2 aromatic heterocycles. The first-order valence-electron chi connectivity index (χ1n) is 7.60. The first-order valence-corrected chi connectivity index (χ1v) is 8.40. The van der Waals surface area contributed by atoms with Crippen LogP contribution in [0.4, 0.5) is 0 Å². The van der Waals surface area contributed by atoms with Crippen molar-refractivity contribution < 1.29 is 14.6 Å². The molecule has 0 aliphatic heterocycles. The van der Waals surface area contributed by atoms with Crippen LogP contribution in [-0.2, 0) is 11.3 Å². The van der Waals surface area contributed by atoms with Gasteiger partial charge in [-0.05, 0) is 42.6 Å². The van der Waals surface area contributed by atoms with Gasteiger partial charge in [0, 0.05) is 19.2 Å². The number of nitrogens with zero attached hydrogens (tertiary/aromatic N) is 3. The Morgan fingerprint density at radius 3 is 2.79 bits per heavy atom. The molecule has 1 saturated carbocycles. The van der Waals surface area contributed by atoms with Crippen LogP contribution in [0.1, 0.15) is 37.0 Å². The number of hydrogen-bond acceptors (Lipinski definition) is 5. The summed E-state index contributed by atoms with van der Waals surface area (Å²) in [7, 11) is 1.56. The maximum atomic E-state index is 12.6. The Morgan fingerprint density at radius 2 is 2.21 bits per heavy atom. The molecule has 8 nitrogen and oxygen atoms in total. The molecule has 1 aliphatic carbocycles. The largest absolute Gasteiger partial charge is 0.494 e. The fraction of sp³-hybridized carbons (Fsp3) is 0.533. The molecule has 24 heavy (non-hydrogen) atoms. The zero-order valence-corrected chi connectivity index (χ0v) is 15.3. The Kier molecular flexibility index (Phi) is 4.16. The van der Waals surface area contributed by atoms with Gasteiger partial charge in [0.05, 0.1) is 12.1 Å². The smallest absolute Gasteiger partial charge is 0.291 e. The first-order chi connectivity index (χ1) is 11.2. The standard InChI is InChI=1S/C15H19BrN4O4/c1-15(2,24-3)7-19-10-6-9(16)18-20(10)14(23)11(13(19)22)12(21)17-8-4-5-8/h6,8,22H,4-5,7H2,1-3H3,(H,17,21). The molecule has 2 heterocycles. The molecule has 1 amide bonds. The summed E-state index contributed by atoms with van der Waals surface area (Å²) in [6, 6.07) is 1.68. The van der Waals surface area contributed by atoms with E-state index in [2.05, 4.69) is 26.3 Å². The van der Waals surface area contributed by atoms with E-state index in [1.165, 1.54) is 4.57 Å². The highest BCUT2D eigenvalue weighted by atomic mass is 79.9. The van der Waals surface area contributed by atoms with Gasteiger partial charge in [-0.3, -0.25) is 14.2 Å². The third-order valence-corrected chi connectivity index (χ3v) is 4.44. The SMILES string of the molecule is COC(C)(C)Cn1c(O)c(C(=O)NC2CC2)c(=O)n2nc(Br)cc12. The van der Waals surface area contributed by atoms with Crippen molar-refractivity contribution >= 4 is 27.5 Å². The van der Waals surface area contributed by atoms with Gasteiger partial charge in [0.2, 0.25) is 5.88 Å². The van der Waals surface area contributed by atoms with Crippen LogP contribution < -0.4 is 10.9 Å². The van der Waals surface area contributed by atoms with Crippen LogP contribution >= 0.6 is 15.9 Å².